The molecule has 0 atom stereocenters. The molecule has 1 heterocycles. The van der Waals surface area contributed by atoms with Crippen molar-refractivity contribution < 1.29 is 4.79 Å². The monoisotopic (exact) mass is 258 g/mol. The topological polar surface area (TPSA) is 23.6 Å². The molecule has 2 aliphatic rings. The summed E-state index contributed by atoms with van der Waals surface area (Å²) >= 11 is 0. The number of hydrogen-bond donors (Lipinski definition) is 0. The first-order valence-corrected chi connectivity index (χ1v) is 7.19. The first-order chi connectivity index (χ1) is 9.06. The van der Waals surface area contributed by atoms with Gasteiger partial charge in [0.2, 0.25) is 0 Å². The summed E-state index contributed by atoms with van der Waals surface area (Å²) < 4.78 is 0. The number of nitrogens with zero attached hydrogens (tertiary/aromatic N) is 2. The van der Waals surface area contributed by atoms with Crippen molar-refractivity contribution in [2.45, 2.75) is 44.6 Å². The Morgan fingerprint density at radius 3 is 2.42 bits per heavy atom. The lowest BCUT2D eigenvalue weighted by Crippen LogP contribution is -2.62. The Hall–Kier alpha value is -1.51. The highest BCUT2D eigenvalue weighted by Gasteiger charge is 2.48. The highest BCUT2D eigenvalue weighted by Crippen LogP contribution is 2.45. The van der Waals surface area contributed by atoms with Crippen molar-refractivity contribution in [1.82, 2.24) is 0 Å². The molecule has 0 radical (unpaired) electrons. The Labute approximate surface area is 115 Å². The Kier molecular flexibility index (Phi) is 2.80. The van der Waals surface area contributed by atoms with Crippen LogP contribution in [0.3, 0.4) is 0 Å². The van der Waals surface area contributed by atoms with Crippen molar-refractivity contribution in [3.63, 3.8) is 0 Å². The van der Waals surface area contributed by atoms with Crippen molar-refractivity contribution in [3.05, 3.63) is 23.8 Å². The molecule has 0 aromatic heterocycles. The normalized spacial score (nSPS) is 21.7. The van der Waals surface area contributed by atoms with Gasteiger partial charge in [0, 0.05) is 14.1 Å². The van der Waals surface area contributed by atoms with Crippen LogP contribution in [0.25, 0.3) is 0 Å². The van der Waals surface area contributed by atoms with Crippen LogP contribution in [0.2, 0.25) is 0 Å². The SMILES string of the molecule is Cc1ccc2c(c1)N(C)C(=O)C1(CCCCC1)N2C. The molecule has 1 spiro atoms. The van der Waals surface area contributed by atoms with Gasteiger partial charge in [-0.05, 0) is 37.5 Å². The fraction of sp³-hybridized carbons (Fsp3) is 0.562. The number of benzene rings is 1. The summed E-state index contributed by atoms with van der Waals surface area (Å²) in [4.78, 5) is 17.0. The van der Waals surface area contributed by atoms with Gasteiger partial charge in [-0.3, -0.25) is 4.79 Å². The van der Waals surface area contributed by atoms with E-state index in [0.29, 0.717) is 0 Å². The lowest BCUT2D eigenvalue weighted by Gasteiger charge is -2.50. The lowest BCUT2D eigenvalue weighted by molar-refractivity contribution is -0.125. The molecule has 0 unspecified atom stereocenters. The Balaban J connectivity index is 2.12. The molecule has 1 saturated carbocycles. The van der Waals surface area contributed by atoms with Gasteiger partial charge in [-0.25, -0.2) is 0 Å². The second-order valence-electron chi connectivity index (χ2n) is 6.01. The predicted octanol–water partition coefficient (Wildman–Crippen LogP) is 3.11. The zero-order valence-corrected chi connectivity index (χ0v) is 12.1. The zero-order chi connectivity index (χ0) is 13.6. The van der Waals surface area contributed by atoms with Crippen molar-refractivity contribution in [3.8, 4) is 0 Å². The number of anilines is 2. The van der Waals surface area contributed by atoms with Crippen LogP contribution in [0.1, 0.15) is 37.7 Å². The minimum atomic E-state index is -0.296. The highest BCUT2D eigenvalue weighted by atomic mass is 16.2. The summed E-state index contributed by atoms with van der Waals surface area (Å²) in [6.45, 7) is 2.07. The largest absolute Gasteiger partial charge is 0.358 e. The van der Waals surface area contributed by atoms with Gasteiger partial charge in [0.25, 0.3) is 5.91 Å². The summed E-state index contributed by atoms with van der Waals surface area (Å²) in [5.41, 5.74) is 3.14. The molecule has 19 heavy (non-hydrogen) atoms. The molecule has 0 N–H and O–H groups in total. The van der Waals surface area contributed by atoms with Gasteiger partial charge < -0.3 is 9.80 Å². The molecular formula is C16H22N2O. The Bertz CT molecular complexity index is 517. The number of amides is 1. The summed E-state index contributed by atoms with van der Waals surface area (Å²) in [6, 6.07) is 6.40. The predicted molar refractivity (Wildman–Crippen MR) is 78.8 cm³/mol. The third kappa shape index (κ3) is 1.67. The molecule has 1 aliphatic carbocycles. The van der Waals surface area contributed by atoms with E-state index in [-0.39, 0.29) is 11.4 Å². The average molecular weight is 258 g/mol. The standard InChI is InChI=1S/C16H22N2O/c1-12-7-8-13-14(11-12)17(2)15(19)16(18(13)3)9-5-4-6-10-16/h7-8,11H,4-6,9-10H2,1-3H3. The second kappa shape index (κ2) is 4.26. The van der Waals surface area contributed by atoms with Gasteiger partial charge in [0.15, 0.2) is 0 Å². The van der Waals surface area contributed by atoms with E-state index in [1.54, 1.807) is 0 Å². The van der Waals surface area contributed by atoms with E-state index in [4.69, 9.17) is 0 Å². The fourth-order valence-electron chi connectivity index (χ4n) is 3.67. The molecule has 1 aliphatic heterocycles. The van der Waals surface area contributed by atoms with Gasteiger partial charge in [0.05, 0.1) is 11.4 Å². The smallest absolute Gasteiger partial charge is 0.252 e. The molecule has 1 aromatic carbocycles. The molecule has 0 bridgehead atoms. The van der Waals surface area contributed by atoms with Gasteiger partial charge in [-0.15, -0.1) is 0 Å². The lowest BCUT2D eigenvalue weighted by atomic mass is 9.77. The number of carbonyl (C=O) groups excluding carboxylic acids is 1. The van der Waals surface area contributed by atoms with Crippen molar-refractivity contribution in [2.75, 3.05) is 23.9 Å². The molecule has 1 aromatic rings. The van der Waals surface area contributed by atoms with E-state index in [2.05, 4.69) is 37.1 Å². The van der Waals surface area contributed by atoms with Gasteiger partial charge in [-0.2, -0.15) is 0 Å². The minimum absolute atomic E-state index is 0.271. The number of fused-ring (bicyclic) bond motifs is 1. The molecule has 102 valence electrons. The summed E-state index contributed by atoms with van der Waals surface area (Å²) in [7, 11) is 4.01. The summed E-state index contributed by atoms with van der Waals surface area (Å²) in [6.07, 6.45) is 5.55. The van der Waals surface area contributed by atoms with Crippen LogP contribution < -0.4 is 9.80 Å². The minimum Gasteiger partial charge on any atom is -0.358 e. The van der Waals surface area contributed by atoms with E-state index in [1.807, 2.05) is 11.9 Å². The number of aryl methyl sites for hydroxylation is 1. The number of rotatable bonds is 0. The third-order valence-corrected chi connectivity index (χ3v) is 4.88. The maximum atomic E-state index is 12.9. The van der Waals surface area contributed by atoms with Crippen molar-refractivity contribution >= 4 is 17.3 Å². The number of carbonyl (C=O) groups is 1. The van der Waals surface area contributed by atoms with E-state index in [1.165, 1.54) is 17.7 Å². The molecule has 0 saturated heterocycles. The van der Waals surface area contributed by atoms with E-state index in [9.17, 15) is 4.79 Å². The van der Waals surface area contributed by atoms with Crippen molar-refractivity contribution in [2.24, 2.45) is 0 Å². The molecule has 3 rings (SSSR count). The average Bonchev–Trinajstić information content (AvgIpc) is 2.44. The highest BCUT2D eigenvalue weighted by molar-refractivity contribution is 6.08. The second-order valence-corrected chi connectivity index (χ2v) is 6.01. The summed E-state index contributed by atoms with van der Waals surface area (Å²) in [5.74, 6) is 0.271. The van der Waals surface area contributed by atoms with Gasteiger partial charge in [0.1, 0.15) is 5.54 Å². The van der Waals surface area contributed by atoms with Crippen LogP contribution in [0.15, 0.2) is 18.2 Å². The quantitative estimate of drug-likeness (QED) is 0.714. The van der Waals surface area contributed by atoms with E-state index >= 15 is 0 Å². The molecular weight excluding hydrogens is 236 g/mol. The van der Waals surface area contributed by atoms with Crippen LogP contribution >= 0.6 is 0 Å². The number of likely N-dealkylation sites (N-methyl/N-ethyl adjacent to an activating group) is 2. The number of hydrogen-bond acceptors (Lipinski definition) is 2. The van der Waals surface area contributed by atoms with Crippen LogP contribution in [-0.4, -0.2) is 25.5 Å². The molecule has 1 amide bonds. The third-order valence-electron chi connectivity index (χ3n) is 4.88. The first kappa shape index (κ1) is 12.5. The maximum Gasteiger partial charge on any atom is 0.252 e. The zero-order valence-electron chi connectivity index (χ0n) is 12.1. The van der Waals surface area contributed by atoms with E-state index in [0.717, 1.165) is 31.4 Å². The van der Waals surface area contributed by atoms with Crippen molar-refractivity contribution in [1.29, 1.82) is 0 Å². The van der Waals surface area contributed by atoms with E-state index < -0.39 is 0 Å². The summed E-state index contributed by atoms with van der Waals surface area (Å²) in [5, 5.41) is 0. The molecule has 3 nitrogen and oxygen atoms in total. The van der Waals surface area contributed by atoms with Crippen LogP contribution in [0.5, 0.6) is 0 Å². The van der Waals surface area contributed by atoms with Crippen LogP contribution in [0.4, 0.5) is 11.4 Å². The van der Waals surface area contributed by atoms with Gasteiger partial charge in [-0.1, -0.05) is 25.3 Å². The maximum absolute atomic E-state index is 12.9. The Morgan fingerprint density at radius 1 is 1.05 bits per heavy atom. The van der Waals surface area contributed by atoms with Crippen LogP contribution in [0, 0.1) is 6.92 Å². The fourth-order valence-corrected chi connectivity index (χ4v) is 3.67. The Morgan fingerprint density at radius 2 is 1.74 bits per heavy atom. The van der Waals surface area contributed by atoms with Crippen LogP contribution in [-0.2, 0) is 4.79 Å². The van der Waals surface area contributed by atoms with Gasteiger partial charge >= 0.3 is 0 Å². The molecule has 1 fully saturated rings. The first-order valence-electron chi connectivity index (χ1n) is 7.19. The molecule has 3 heteroatoms.